The summed E-state index contributed by atoms with van der Waals surface area (Å²) in [6.45, 7) is 0. The Balaban J connectivity index is 1.53. The zero-order valence-electron chi connectivity index (χ0n) is 11.9. The highest BCUT2D eigenvalue weighted by molar-refractivity contribution is 5.77. The van der Waals surface area contributed by atoms with Gasteiger partial charge in [0.25, 0.3) is 0 Å². The Kier molecular flexibility index (Phi) is 3.13. The molecule has 0 aliphatic heterocycles. The summed E-state index contributed by atoms with van der Waals surface area (Å²) in [5, 5.41) is 3.69. The minimum absolute atomic E-state index is 0.584. The van der Waals surface area contributed by atoms with Crippen molar-refractivity contribution in [3.8, 4) is 0 Å². The molecule has 0 spiro atoms. The van der Waals surface area contributed by atoms with Gasteiger partial charge in [0.05, 0.1) is 0 Å². The van der Waals surface area contributed by atoms with Crippen LogP contribution in [0.1, 0.15) is 63.2 Å². The molecule has 0 amide bonds. The van der Waals surface area contributed by atoms with Gasteiger partial charge in [-0.15, -0.1) is 0 Å². The summed E-state index contributed by atoms with van der Waals surface area (Å²) in [4.78, 5) is 4.64. The fraction of sp³-hybridized carbons (Fsp3) is 0.588. The fourth-order valence-corrected chi connectivity index (χ4v) is 3.20. The lowest BCUT2D eigenvalue weighted by Gasteiger charge is -2.17. The second-order valence-electron chi connectivity index (χ2n) is 6.34. The first kappa shape index (κ1) is 12.2. The third kappa shape index (κ3) is 2.54. The lowest BCUT2D eigenvalue weighted by Crippen LogP contribution is -2.18. The van der Waals surface area contributed by atoms with Gasteiger partial charge >= 0.3 is 0 Å². The molecule has 1 N–H and O–H groups in total. The van der Waals surface area contributed by atoms with Gasteiger partial charge in [-0.25, -0.2) is 4.98 Å². The summed E-state index contributed by atoms with van der Waals surface area (Å²) in [6, 6.07) is 6.97. The maximum absolute atomic E-state index is 5.82. The van der Waals surface area contributed by atoms with Gasteiger partial charge in [-0.1, -0.05) is 25.7 Å². The van der Waals surface area contributed by atoms with E-state index in [0.717, 1.165) is 17.0 Å². The third-order valence-corrected chi connectivity index (χ3v) is 4.56. The molecule has 0 atom stereocenters. The molecule has 106 valence electrons. The molecule has 3 nitrogen and oxygen atoms in total. The van der Waals surface area contributed by atoms with Gasteiger partial charge in [0.15, 0.2) is 11.5 Å². The van der Waals surface area contributed by atoms with E-state index in [1.165, 1.54) is 57.1 Å². The first-order chi connectivity index (χ1) is 9.88. The van der Waals surface area contributed by atoms with Crippen LogP contribution >= 0.6 is 0 Å². The number of benzene rings is 1. The van der Waals surface area contributed by atoms with Crippen molar-refractivity contribution in [3.63, 3.8) is 0 Å². The van der Waals surface area contributed by atoms with Crippen LogP contribution in [-0.4, -0.2) is 11.0 Å². The number of nitrogens with one attached hydrogen (secondary N) is 1. The van der Waals surface area contributed by atoms with Crippen molar-refractivity contribution >= 4 is 16.8 Å². The Morgan fingerprint density at radius 3 is 2.55 bits per heavy atom. The largest absolute Gasteiger partial charge is 0.440 e. The molecule has 1 aromatic heterocycles. The van der Waals surface area contributed by atoms with Crippen LogP contribution in [0.15, 0.2) is 22.6 Å². The molecule has 2 saturated carbocycles. The topological polar surface area (TPSA) is 38.1 Å². The summed E-state index contributed by atoms with van der Waals surface area (Å²) < 4.78 is 5.82. The number of anilines is 1. The van der Waals surface area contributed by atoms with E-state index >= 15 is 0 Å². The summed E-state index contributed by atoms with van der Waals surface area (Å²) in [7, 11) is 0. The molecule has 2 aromatic rings. The van der Waals surface area contributed by atoms with E-state index in [9.17, 15) is 0 Å². The number of oxazole rings is 1. The summed E-state index contributed by atoms with van der Waals surface area (Å²) >= 11 is 0. The molecule has 4 rings (SSSR count). The van der Waals surface area contributed by atoms with Crippen LogP contribution in [0.3, 0.4) is 0 Å². The highest BCUT2D eigenvalue weighted by Gasteiger charge is 2.28. The lowest BCUT2D eigenvalue weighted by atomic mass is 10.1. The van der Waals surface area contributed by atoms with E-state index in [1.54, 1.807) is 0 Å². The molecule has 0 radical (unpaired) electrons. The Bertz CT molecular complexity index is 592. The van der Waals surface area contributed by atoms with E-state index in [1.807, 2.05) is 0 Å². The Labute approximate surface area is 119 Å². The van der Waals surface area contributed by atoms with E-state index in [2.05, 4.69) is 28.5 Å². The maximum atomic E-state index is 5.82. The zero-order chi connectivity index (χ0) is 13.4. The summed E-state index contributed by atoms with van der Waals surface area (Å²) in [6.07, 6.45) is 10.6. The van der Waals surface area contributed by atoms with Gasteiger partial charge in [0.1, 0.15) is 5.52 Å². The van der Waals surface area contributed by atoms with Crippen molar-refractivity contribution < 1.29 is 4.42 Å². The number of hydrogen-bond donors (Lipinski definition) is 1. The van der Waals surface area contributed by atoms with Gasteiger partial charge in [-0.2, -0.15) is 0 Å². The Hall–Kier alpha value is -1.51. The average Bonchev–Trinajstić information content (AvgIpc) is 3.25. The predicted molar refractivity (Wildman–Crippen MR) is 81.1 cm³/mol. The molecule has 2 aliphatic carbocycles. The zero-order valence-corrected chi connectivity index (χ0v) is 11.9. The maximum Gasteiger partial charge on any atom is 0.198 e. The van der Waals surface area contributed by atoms with E-state index in [-0.39, 0.29) is 0 Å². The second kappa shape index (κ2) is 5.12. The van der Waals surface area contributed by atoms with Crippen molar-refractivity contribution in [3.05, 3.63) is 24.1 Å². The minimum atomic E-state index is 0.584. The first-order valence-corrected chi connectivity index (χ1v) is 8.05. The third-order valence-electron chi connectivity index (χ3n) is 4.56. The fourth-order valence-electron chi connectivity index (χ4n) is 3.20. The van der Waals surface area contributed by atoms with Crippen molar-refractivity contribution in [2.75, 3.05) is 5.32 Å². The van der Waals surface area contributed by atoms with Gasteiger partial charge in [-0.05, 0) is 43.9 Å². The smallest absolute Gasteiger partial charge is 0.198 e. The van der Waals surface area contributed by atoms with Crippen LogP contribution in [0.25, 0.3) is 11.1 Å². The van der Waals surface area contributed by atoms with Crippen LogP contribution in [-0.2, 0) is 0 Å². The molecule has 2 fully saturated rings. The van der Waals surface area contributed by atoms with Crippen molar-refractivity contribution in [1.29, 1.82) is 0 Å². The lowest BCUT2D eigenvalue weighted by molar-refractivity contribution is 0.533. The Morgan fingerprint density at radius 1 is 1.00 bits per heavy atom. The molecular weight excluding hydrogens is 248 g/mol. The van der Waals surface area contributed by atoms with Gasteiger partial charge in [-0.3, -0.25) is 0 Å². The number of fused-ring (bicyclic) bond motifs is 1. The molecule has 2 aliphatic rings. The van der Waals surface area contributed by atoms with Crippen molar-refractivity contribution in [1.82, 2.24) is 4.98 Å². The molecule has 1 aromatic carbocycles. The molecular formula is C17H22N2O. The van der Waals surface area contributed by atoms with Gasteiger partial charge in [0, 0.05) is 17.6 Å². The second-order valence-corrected chi connectivity index (χ2v) is 6.34. The van der Waals surface area contributed by atoms with Crippen LogP contribution in [0.4, 0.5) is 5.69 Å². The van der Waals surface area contributed by atoms with Crippen molar-refractivity contribution in [2.24, 2.45) is 0 Å². The number of hydrogen-bond acceptors (Lipinski definition) is 3. The number of rotatable bonds is 3. The summed E-state index contributed by atoms with van der Waals surface area (Å²) in [5.74, 6) is 1.52. The molecule has 20 heavy (non-hydrogen) atoms. The van der Waals surface area contributed by atoms with Crippen molar-refractivity contribution in [2.45, 2.75) is 63.3 Å². The molecule has 0 unspecified atom stereocenters. The minimum Gasteiger partial charge on any atom is -0.440 e. The highest BCUT2D eigenvalue weighted by Crippen LogP contribution is 2.40. The Morgan fingerprint density at radius 2 is 1.80 bits per heavy atom. The monoisotopic (exact) mass is 270 g/mol. The van der Waals surface area contributed by atoms with Gasteiger partial charge < -0.3 is 9.73 Å². The highest BCUT2D eigenvalue weighted by atomic mass is 16.3. The van der Waals surface area contributed by atoms with Gasteiger partial charge in [0.2, 0.25) is 0 Å². The van der Waals surface area contributed by atoms with E-state index in [0.29, 0.717) is 12.0 Å². The first-order valence-electron chi connectivity index (χ1n) is 8.05. The molecule has 0 saturated heterocycles. The molecule has 3 heteroatoms. The van der Waals surface area contributed by atoms with E-state index < -0.39 is 0 Å². The van der Waals surface area contributed by atoms with E-state index in [4.69, 9.17) is 4.42 Å². The van der Waals surface area contributed by atoms with Crippen LogP contribution in [0, 0.1) is 0 Å². The molecule has 0 bridgehead atoms. The normalized spacial score (nSPS) is 21.0. The van der Waals surface area contributed by atoms with Crippen LogP contribution < -0.4 is 5.32 Å². The standard InChI is InChI=1S/C17H22N2O/c1-2-4-6-13(5-3-1)18-14-9-10-16-15(11-14)19-17(20-16)12-7-8-12/h9-13,18H,1-8H2. The predicted octanol–water partition coefficient (Wildman–Crippen LogP) is 4.84. The SMILES string of the molecule is c1cc2oc(C3CC3)nc2cc1NC1CCCCCC1. The van der Waals surface area contributed by atoms with Crippen LogP contribution in [0.2, 0.25) is 0 Å². The summed E-state index contributed by atoms with van der Waals surface area (Å²) in [5.41, 5.74) is 3.13. The number of nitrogens with zero attached hydrogens (tertiary/aromatic N) is 1. The van der Waals surface area contributed by atoms with Crippen LogP contribution in [0.5, 0.6) is 0 Å². The average molecular weight is 270 g/mol. The molecule has 1 heterocycles. The quantitative estimate of drug-likeness (QED) is 0.811. The number of aromatic nitrogens is 1.